The fourth-order valence-corrected chi connectivity index (χ4v) is 2.82. The van der Waals surface area contributed by atoms with Crippen LogP contribution in [-0.2, 0) is 16.0 Å². The van der Waals surface area contributed by atoms with Gasteiger partial charge in [0.15, 0.2) is 5.11 Å². The molecule has 1 fully saturated rings. The highest BCUT2D eigenvalue weighted by Gasteiger charge is 2.25. The number of rotatable bonds is 4. The van der Waals surface area contributed by atoms with Gasteiger partial charge in [0.1, 0.15) is 17.1 Å². The van der Waals surface area contributed by atoms with Crippen LogP contribution >= 0.6 is 12.2 Å². The molecular formula is C19H15FN2O3S. The summed E-state index contributed by atoms with van der Waals surface area (Å²) >= 11 is 4.77. The number of hydrogen-bond donors (Lipinski definition) is 2. The molecule has 0 unspecified atom stereocenters. The summed E-state index contributed by atoms with van der Waals surface area (Å²) < 4.78 is 18.8. The third-order valence-corrected chi connectivity index (χ3v) is 4.05. The van der Waals surface area contributed by atoms with E-state index in [0.29, 0.717) is 17.7 Å². The number of halogens is 1. The lowest BCUT2D eigenvalue weighted by atomic mass is 10.0. The van der Waals surface area contributed by atoms with Gasteiger partial charge in [-0.05, 0) is 53.2 Å². The average Bonchev–Trinajstić information content (AvgIpc) is 2.59. The third-order valence-electron chi connectivity index (χ3n) is 3.85. The van der Waals surface area contributed by atoms with Crippen molar-refractivity contribution in [3.8, 4) is 5.75 Å². The molecule has 0 radical (unpaired) electrons. The molecule has 3 rings (SSSR count). The topological polar surface area (TPSA) is 67.4 Å². The van der Waals surface area contributed by atoms with E-state index in [4.69, 9.17) is 17.0 Å². The molecule has 0 aliphatic carbocycles. The summed E-state index contributed by atoms with van der Waals surface area (Å²) in [6.45, 7) is 0. The molecule has 1 aliphatic heterocycles. The van der Waals surface area contributed by atoms with E-state index in [1.807, 2.05) is 12.1 Å². The monoisotopic (exact) mass is 370 g/mol. The first kappa shape index (κ1) is 17.8. The van der Waals surface area contributed by atoms with Crippen LogP contribution in [-0.4, -0.2) is 24.0 Å². The predicted octanol–water partition coefficient (Wildman–Crippen LogP) is 2.34. The number of carbonyl (C=O) groups is 2. The number of thiocarbonyl (C=S) groups is 1. The van der Waals surface area contributed by atoms with E-state index in [1.54, 1.807) is 18.2 Å². The van der Waals surface area contributed by atoms with Gasteiger partial charge in [0.25, 0.3) is 11.8 Å². The van der Waals surface area contributed by atoms with Gasteiger partial charge in [0.05, 0.1) is 7.11 Å². The lowest BCUT2D eigenvalue weighted by Gasteiger charge is -2.16. The van der Waals surface area contributed by atoms with E-state index in [1.165, 1.54) is 25.3 Å². The Morgan fingerprint density at radius 3 is 2.50 bits per heavy atom. The van der Waals surface area contributed by atoms with Gasteiger partial charge in [-0.15, -0.1) is 0 Å². The van der Waals surface area contributed by atoms with Crippen molar-refractivity contribution in [3.63, 3.8) is 0 Å². The van der Waals surface area contributed by atoms with Crippen LogP contribution in [0.1, 0.15) is 16.7 Å². The SMILES string of the molecule is COc1cc(C=C2C(=O)NC(=S)NC2=O)ccc1Cc1cccc(F)c1. The van der Waals surface area contributed by atoms with E-state index >= 15 is 0 Å². The highest BCUT2D eigenvalue weighted by atomic mass is 32.1. The third kappa shape index (κ3) is 3.94. The Kier molecular flexibility index (Phi) is 5.09. The Labute approximate surface area is 154 Å². The van der Waals surface area contributed by atoms with Crippen LogP contribution in [0.5, 0.6) is 5.75 Å². The lowest BCUT2D eigenvalue weighted by Crippen LogP contribution is -2.51. The Bertz CT molecular complexity index is 918. The molecule has 7 heteroatoms. The Morgan fingerprint density at radius 2 is 1.85 bits per heavy atom. The summed E-state index contributed by atoms with van der Waals surface area (Å²) in [7, 11) is 1.53. The molecule has 5 nitrogen and oxygen atoms in total. The van der Waals surface area contributed by atoms with Crippen molar-refractivity contribution in [2.45, 2.75) is 6.42 Å². The van der Waals surface area contributed by atoms with Crippen molar-refractivity contribution in [2.24, 2.45) is 0 Å². The molecule has 2 aromatic carbocycles. The zero-order chi connectivity index (χ0) is 18.7. The molecule has 2 amide bonds. The summed E-state index contributed by atoms with van der Waals surface area (Å²) in [6.07, 6.45) is 1.95. The van der Waals surface area contributed by atoms with E-state index in [-0.39, 0.29) is 16.5 Å². The molecule has 0 spiro atoms. The van der Waals surface area contributed by atoms with Gasteiger partial charge < -0.3 is 4.74 Å². The zero-order valence-corrected chi connectivity index (χ0v) is 14.7. The predicted molar refractivity (Wildman–Crippen MR) is 99.1 cm³/mol. The summed E-state index contributed by atoms with van der Waals surface area (Å²) in [5.74, 6) is -0.825. The van der Waals surface area contributed by atoms with Crippen molar-refractivity contribution in [3.05, 3.63) is 70.5 Å². The maximum atomic E-state index is 13.4. The molecule has 0 saturated carbocycles. The van der Waals surface area contributed by atoms with Gasteiger partial charge in [-0.1, -0.05) is 24.3 Å². The van der Waals surface area contributed by atoms with Crippen LogP contribution in [0, 0.1) is 5.82 Å². The highest BCUT2D eigenvalue weighted by molar-refractivity contribution is 7.80. The van der Waals surface area contributed by atoms with Gasteiger partial charge >= 0.3 is 0 Å². The summed E-state index contributed by atoms with van der Waals surface area (Å²) in [5, 5.41) is 4.75. The van der Waals surface area contributed by atoms with E-state index in [0.717, 1.165) is 11.1 Å². The molecule has 0 atom stereocenters. The van der Waals surface area contributed by atoms with E-state index in [2.05, 4.69) is 10.6 Å². The van der Waals surface area contributed by atoms with E-state index < -0.39 is 11.8 Å². The fourth-order valence-electron chi connectivity index (χ4n) is 2.64. The maximum absolute atomic E-state index is 13.4. The molecule has 1 heterocycles. The second-order valence-corrected chi connectivity index (χ2v) is 6.08. The molecule has 0 aromatic heterocycles. The Balaban J connectivity index is 1.89. The minimum atomic E-state index is -0.554. The standard InChI is InChI=1S/C19H15FN2O3S/c1-25-16-10-12(9-15-17(23)21-19(26)22-18(15)24)5-6-13(16)7-11-3-2-4-14(20)8-11/h2-6,8-10H,7H2,1H3,(H2,21,22,23,24,26). The number of ether oxygens (including phenoxy) is 1. The smallest absolute Gasteiger partial charge is 0.263 e. The van der Waals surface area contributed by atoms with Gasteiger partial charge in [0.2, 0.25) is 0 Å². The van der Waals surface area contributed by atoms with Gasteiger partial charge in [-0.3, -0.25) is 20.2 Å². The number of methoxy groups -OCH3 is 1. The van der Waals surface area contributed by atoms with Gasteiger partial charge in [-0.25, -0.2) is 4.39 Å². The van der Waals surface area contributed by atoms with Crippen LogP contribution < -0.4 is 15.4 Å². The molecule has 1 aliphatic rings. The Hall–Kier alpha value is -3.06. The first-order valence-electron chi connectivity index (χ1n) is 7.76. The summed E-state index contributed by atoms with van der Waals surface area (Å²) in [4.78, 5) is 23.8. The zero-order valence-electron chi connectivity index (χ0n) is 13.8. The Morgan fingerprint density at radius 1 is 1.12 bits per heavy atom. The number of carbonyl (C=O) groups excluding carboxylic acids is 2. The minimum Gasteiger partial charge on any atom is -0.496 e. The number of amides is 2. The van der Waals surface area contributed by atoms with Crippen LogP contribution in [0.4, 0.5) is 4.39 Å². The number of nitrogens with one attached hydrogen (secondary N) is 2. The first-order valence-corrected chi connectivity index (χ1v) is 8.17. The normalized spacial score (nSPS) is 13.9. The van der Waals surface area contributed by atoms with Crippen molar-refractivity contribution >= 4 is 35.2 Å². The van der Waals surface area contributed by atoms with Gasteiger partial charge in [0, 0.05) is 6.42 Å². The minimum absolute atomic E-state index is 0.0137. The number of benzene rings is 2. The molecule has 2 aromatic rings. The van der Waals surface area contributed by atoms with Crippen molar-refractivity contribution in [1.82, 2.24) is 10.6 Å². The summed E-state index contributed by atoms with van der Waals surface area (Å²) in [6, 6.07) is 11.6. The quantitative estimate of drug-likeness (QED) is 0.493. The largest absolute Gasteiger partial charge is 0.496 e. The van der Waals surface area contributed by atoms with Crippen LogP contribution in [0.3, 0.4) is 0 Å². The first-order chi connectivity index (χ1) is 12.5. The van der Waals surface area contributed by atoms with Crippen molar-refractivity contribution < 1.29 is 18.7 Å². The van der Waals surface area contributed by atoms with Crippen molar-refractivity contribution in [1.29, 1.82) is 0 Å². The summed E-state index contributed by atoms with van der Waals surface area (Å²) in [5.41, 5.74) is 2.25. The molecule has 0 bridgehead atoms. The van der Waals surface area contributed by atoms with Crippen LogP contribution in [0.2, 0.25) is 0 Å². The second-order valence-electron chi connectivity index (χ2n) is 5.67. The molecule has 132 valence electrons. The molecular weight excluding hydrogens is 355 g/mol. The molecule has 2 N–H and O–H groups in total. The molecule has 26 heavy (non-hydrogen) atoms. The van der Waals surface area contributed by atoms with Gasteiger partial charge in [-0.2, -0.15) is 0 Å². The van der Waals surface area contributed by atoms with Crippen LogP contribution in [0.25, 0.3) is 6.08 Å². The lowest BCUT2D eigenvalue weighted by molar-refractivity contribution is -0.123. The average molecular weight is 370 g/mol. The van der Waals surface area contributed by atoms with Crippen molar-refractivity contribution in [2.75, 3.05) is 7.11 Å². The highest BCUT2D eigenvalue weighted by Crippen LogP contribution is 2.25. The maximum Gasteiger partial charge on any atom is 0.263 e. The fraction of sp³-hybridized carbons (Fsp3) is 0.105. The van der Waals surface area contributed by atoms with Crippen LogP contribution in [0.15, 0.2) is 48.0 Å². The number of hydrogen-bond acceptors (Lipinski definition) is 4. The van der Waals surface area contributed by atoms with E-state index in [9.17, 15) is 14.0 Å². The molecule has 1 saturated heterocycles. The second kappa shape index (κ2) is 7.45.